The van der Waals surface area contributed by atoms with Crippen LogP contribution in [0.5, 0.6) is 0 Å². The molecule has 0 saturated heterocycles. The predicted molar refractivity (Wildman–Crippen MR) is 83.0 cm³/mol. The summed E-state index contributed by atoms with van der Waals surface area (Å²) in [6, 6.07) is 7.95. The van der Waals surface area contributed by atoms with Gasteiger partial charge in [0.05, 0.1) is 16.2 Å². The van der Waals surface area contributed by atoms with Crippen molar-refractivity contribution in [1.82, 2.24) is 0 Å². The van der Waals surface area contributed by atoms with Gasteiger partial charge < -0.3 is 5.32 Å². The molecule has 0 bridgehead atoms. The number of amides is 1. The molecular weight excluding hydrogens is 333 g/mol. The summed E-state index contributed by atoms with van der Waals surface area (Å²) in [4.78, 5) is 33.0. The fourth-order valence-corrected chi connectivity index (χ4v) is 2.13. The first-order valence-electron chi connectivity index (χ1n) is 5.81. The smallest absolute Gasteiger partial charge is 0.290 e. The first-order valence-corrected chi connectivity index (χ1v) is 6.57. The fraction of sp³-hybridized carbons (Fsp3) is 0. The third kappa shape index (κ3) is 3.21. The Labute approximate surface area is 134 Å². The van der Waals surface area contributed by atoms with Crippen molar-refractivity contribution in [3.63, 3.8) is 0 Å². The van der Waals surface area contributed by atoms with Gasteiger partial charge in [0.1, 0.15) is 10.7 Å². The van der Waals surface area contributed by atoms with Gasteiger partial charge in [-0.1, -0.05) is 29.3 Å². The van der Waals surface area contributed by atoms with E-state index in [1.807, 2.05) is 0 Å². The standard InChI is InChI=1S/C13H7Cl2N3O4/c14-7-4-5-8(10(6-7)17-20)13(19)16-9-2-1-3-11(12(9)15)18(21)22/h1-6H,(H,16,19). The number of anilines is 1. The molecule has 0 unspecified atom stereocenters. The summed E-state index contributed by atoms with van der Waals surface area (Å²) in [5.74, 6) is -0.686. The Morgan fingerprint density at radius 1 is 1.23 bits per heavy atom. The number of carbonyl (C=O) groups excluding carboxylic acids is 1. The van der Waals surface area contributed by atoms with Crippen molar-refractivity contribution < 1.29 is 9.72 Å². The van der Waals surface area contributed by atoms with Crippen LogP contribution in [0.25, 0.3) is 0 Å². The van der Waals surface area contributed by atoms with E-state index in [9.17, 15) is 19.8 Å². The van der Waals surface area contributed by atoms with Crippen LogP contribution in [0.3, 0.4) is 0 Å². The molecule has 0 fully saturated rings. The molecule has 2 aromatic carbocycles. The molecule has 1 amide bonds. The van der Waals surface area contributed by atoms with Gasteiger partial charge in [-0.15, -0.1) is 4.91 Å². The number of benzene rings is 2. The van der Waals surface area contributed by atoms with E-state index >= 15 is 0 Å². The maximum atomic E-state index is 12.2. The molecule has 112 valence electrons. The zero-order chi connectivity index (χ0) is 16.3. The average Bonchev–Trinajstić information content (AvgIpc) is 2.48. The molecule has 0 aromatic heterocycles. The molecule has 7 nitrogen and oxygen atoms in total. The van der Waals surface area contributed by atoms with E-state index in [0.717, 1.165) is 0 Å². The Hall–Kier alpha value is -2.51. The topological polar surface area (TPSA) is 102 Å². The number of nitro groups is 1. The summed E-state index contributed by atoms with van der Waals surface area (Å²) in [5, 5.41) is 16.0. The summed E-state index contributed by atoms with van der Waals surface area (Å²) < 4.78 is 0. The summed E-state index contributed by atoms with van der Waals surface area (Å²) in [6.45, 7) is 0. The molecule has 2 aromatic rings. The van der Waals surface area contributed by atoms with Gasteiger partial charge in [0, 0.05) is 11.1 Å². The number of nitrogens with zero attached hydrogens (tertiary/aromatic N) is 2. The van der Waals surface area contributed by atoms with Crippen molar-refractivity contribution in [2.75, 3.05) is 5.32 Å². The van der Waals surface area contributed by atoms with Gasteiger partial charge >= 0.3 is 0 Å². The fourth-order valence-electron chi connectivity index (χ4n) is 1.72. The number of rotatable bonds is 4. The lowest BCUT2D eigenvalue weighted by atomic mass is 10.1. The van der Waals surface area contributed by atoms with Crippen LogP contribution < -0.4 is 5.32 Å². The van der Waals surface area contributed by atoms with E-state index in [2.05, 4.69) is 10.5 Å². The summed E-state index contributed by atoms with van der Waals surface area (Å²) in [5.41, 5.74) is -0.467. The third-order valence-corrected chi connectivity index (χ3v) is 3.36. The number of hydrogen-bond donors (Lipinski definition) is 1. The normalized spacial score (nSPS) is 10.1. The molecule has 9 heteroatoms. The highest BCUT2D eigenvalue weighted by Crippen LogP contribution is 2.32. The van der Waals surface area contributed by atoms with Crippen LogP contribution in [0.1, 0.15) is 10.4 Å². The quantitative estimate of drug-likeness (QED) is 0.501. The van der Waals surface area contributed by atoms with E-state index in [1.165, 1.54) is 36.4 Å². The molecule has 0 atom stereocenters. The number of nitrogens with one attached hydrogen (secondary N) is 1. The lowest BCUT2D eigenvalue weighted by molar-refractivity contribution is -0.384. The molecular formula is C13H7Cl2N3O4. The van der Waals surface area contributed by atoms with E-state index < -0.39 is 10.8 Å². The predicted octanol–water partition coefficient (Wildman–Crippen LogP) is 4.55. The lowest BCUT2D eigenvalue weighted by Crippen LogP contribution is -2.12. The zero-order valence-electron chi connectivity index (χ0n) is 10.7. The van der Waals surface area contributed by atoms with Crippen LogP contribution in [0, 0.1) is 15.0 Å². The minimum Gasteiger partial charge on any atom is -0.320 e. The second-order valence-electron chi connectivity index (χ2n) is 4.10. The molecule has 0 saturated carbocycles. The molecule has 22 heavy (non-hydrogen) atoms. The summed E-state index contributed by atoms with van der Waals surface area (Å²) >= 11 is 11.6. The Kier molecular flexibility index (Phi) is 4.69. The number of hydrogen-bond acceptors (Lipinski definition) is 5. The van der Waals surface area contributed by atoms with Crippen LogP contribution >= 0.6 is 23.2 Å². The third-order valence-electron chi connectivity index (χ3n) is 2.73. The van der Waals surface area contributed by atoms with Crippen molar-refractivity contribution in [3.8, 4) is 0 Å². The molecule has 0 heterocycles. The zero-order valence-corrected chi connectivity index (χ0v) is 12.3. The monoisotopic (exact) mass is 339 g/mol. The van der Waals surface area contributed by atoms with Gasteiger partial charge in [-0.3, -0.25) is 14.9 Å². The Balaban J connectivity index is 2.36. The van der Waals surface area contributed by atoms with E-state index in [4.69, 9.17) is 23.2 Å². The number of carbonyl (C=O) groups is 1. The van der Waals surface area contributed by atoms with Crippen molar-refractivity contribution in [1.29, 1.82) is 0 Å². The summed E-state index contributed by atoms with van der Waals surface area (Å²) in [7, 11) is 0. The van der Waals surface area contributed by atoms with Gasteiger partial charge in [0.2, 0.25) is 0 Å². The van der Waals surface area contributed by atoms with Gasteiger partial charge in [0.25, 0.3) is 11.6 Å². The van der Waals surface area contributed by atoms with Gasteiger partial charge in [0.15, 0.2) is 0 Å². The SMILES string of the molecule is O=Nc1cc(Cl)ccc1C(=O)Nc1cccc([N+](=O)[O-])c1Cl. The highest BCUT2D eigenvalue weighted by Gasteiger charge is 2.19. The van der Waals surface area contributed by atoms with Crippen LogP contribution in [-0.4, -0.2) is 10.8 Å². The first kappa shape index (κ1) is 15.9. The molecule has 0 spiro atoms. The number of nitroso groups, excluding NO2 is 1. The van der Waals surface area contributed by atoms with Crippen LogP contribution in [0.2, 0.25) is 10.0 Å². The maximum Gasteiger partial charge on any atom is 0.290 e. The minimum absolute atomic E-state index is 0.0260. The van der Waals surface area contributed by atoms with Crippen molar-refractivity contribution in [2.24, 2.45) is 5.18 Å². The molecule has 2 rings (SSSR count). The van der Waals surface area contributed by atoms with Crippen LogP contribution in [0.4, 0.5) is 17.1 Å². The Morgan fingerprint density at radius 3 is 2.59 bits per heavy atom. The first-order chi connectivity index (χ1) is 10.4. The van der Waals surface area contributed by atoms with Crippen molar-refractivity contribution >= 4 is 46.2 Å². The van der Waals surface area contributed by atoms with Gasteiger partial charge in [-0.25, -0.2) is 0 Å². The second-order valence-corrected chi connectivity index (χ2v) is 4.92. The molecule has 1 N–H and O–H groups in total. The Morgan fingerprint density at radius 2 is 1.95 bits per heavy atom. The number of halogens is 2. The molecule has 0 radical (unpaired) electrons. The lowest BCUT2D eigenvalue weighted by Gasteiger charge is -2.08. The average molecular weight is 340 g/mol. The number of nitro benzene ring substituents is 1. The van der Waals surface area contributed by atoms with Crippen LogP contribution in [-0.2, 0) is 0 Å². The van der Waals surface area contributed by atoms with Crippen molar-refractivity contribution in [2.45, 2.75) is 0 Å². The maximum absolute atomic E-state index is 12.2. The Bertz CT molecular complexity index is 780. The highest BCUT2D eigenvalue weighted by atomic mass is 35.5. The van der Waals surface area contributed by atoms with Crippen molar-refractivity contribution in [3.05, 3.63) is 67.0 Å². The van der Waals surface area contributed by atoms with E-state index in [1.54, 1.807) is 0 Å². The summed E-state index contributed by atoms with van der Waals surface area (Å²) in [6.07, 6.45) is 0. The largest absolute Gasteiger partial charge is 0.320 e. The van der Waals surface area contributed by atoms with E-state index in [0.29, 0.717) is 0 Å². The molecule has 0 aliphatic carbocycles. The second kappa shape index (κ2) is 6.50. The van der Waals surface area contributed by atoms with E-state index in [-0.39, 0.29) is 32.7 Å². The molecule has 0 aliphatic rings. The molecule has 0 aliphatic heterocycles. The van der Waals surface area contributed by atoms with Gasteiger partial charge in [-0.2, -0.15) is 0 Å². The minimum atomic E-state index is -0.686. The highest BCUT2D eigenvalue weighted by molar-refractivity contribution is 6.36. The van der Waals surface area contributed by atoms with Crippen LogP contribution in [0.15, 0.2) is 41.6 Å². The van der Waals surface area contributed by atoms with Gasteiger partial charge in [-0.05, 0) is 29.4 Å².